The van der Waals surface area contributed by atoms with Crippen LogP contribution in [0.2, 0.25) is 0 Å². The molecule has 0 saturated heterocycles. The van der Waals surface area contributed by atoms with Gasteiger partial charge in [0, 0.05) is 18.0 Å². The summed E-state index contributed by atoms with van der Waals surface area (Å²) in [6.07, 6.45) is 6.93. The van der Waals surface area contributed by atoms with Gasteiger partial charge in [0.05, 0.1) is 36.4 Å². The largest absolute Gasteiger partial charge is 0.467 e. The molecule has 0 saturated carbocycles. The van der Waals surface area contributed by atoms with Crippen molar-refractivity contribution in [3.8, 4) is 6.07 Å². The number of aryl methyl sites for hydroxylation is 2. The third kappa shape index (κ3) is 5.56. The number of furan rings is 1. The lowest BCUT2D eigenvalue weighted by Gasteiger charge is -2.20. The van der Waals surface area contributed by atoms with E-state index in [1.807, 2.05) is 6.07 Å². The molecule has 0 unspecified atom stereocenters. The van der Waals surface area contributed by atoms with Gasteiger partial charge >= 0.3 is 0 Å². The maximum Gasteiger partial charge on any atom is 0.263 e. The Balaban J connectivity index is 1.60. The number of hydrogen-bond donors (Lipinski definition) is 0. The van der Waals surface area contributed by atoms with Gasteiger partial charge in [-0.25, -0.2) is 4.98 Å². The SMILES string of the molecule is CC(C)CCn1c(SCC(=O)N(CCC#N)Cc2ccco2)nc2sc3c(c2c1=O)CCCC3. The summed E-state index contributed by atoms with van der Waals surface area (Å²) >= 11 is 2.94. The second kappa shape index (κ2) is 11.2. The quantitative estimate of drug-likeness (QED) is 0.288. The average Bonchev–Trinajstić information content (AvgIpc) is 3.46. The molecule has 1 aliphatic carbocycles. The number of aromatic nitrogens is 2. The van der Waals surface area contributed by atoms with Gasteiger partial charge in [0.25, 0.3) is 5.56 Å². The van der Waals surface area contributed by atoms with E-state index in [9.17, 15) is 9.59 Å². The molecule has 0 atom stereocenters. The molecule has 3 heterocycles. The molecular formula is C25H30N4O3S2. The Morgan fingerprint density at radius 1 is 1.38 bits per heavy atom. The number of nitrogens with zero attached hydrogens (tertiary/aromatic N) is 4. The minimum absolute atomic E-state index is 0.0249. The van der Waals surface area contributed by atoms with Crippen molar-refractivity contribution in [1.82, 2.24) is 14.5 Å². The van der Waals surface area contributed by atoms with Crippen molar-refractivity contribution in [3.05, 3.63) is 45.0 Å². The van der Waals surface area contributed by atoms with E-state index in [4.69, 9.17) is 14.7 Å². The van der Waals surface area contributed by atoms with Crippen LogP contribution < -0.4 is 5.56 Å². The Morgan fingerprint density at radius 3 is 2.94 bits per heavy atom. The molecule has 9 heteroatoms. The highest BCUT2D eigenvalue weighted by atomic mass is 32.2. The normalized spacial score (nSPS) is 13.2. The fraction of sp³-hybridized carbons (Fsp3) is 0.520. The maximum absolute atomic E-state index is 13.6. The molecule has 34 heavy (non-hydrogen) atoms. The molecule has 1 aliphatic rings. The molecule has 7 nitrogen and oxygen atoms in total. The first kappa shape index (κ1) is 24.6. The minimum Gasteiger partial charge on any atom is -0.467 e. The molecule has 180 valence electrons. The summed E-state index contributed by atoms with van der Waals surface area (Å²) in [7, 11) is 0. The van der Waals surface area contributed by atoms with Crippen LogP contribution in [0.1, 0.15) is 55.7 Å². The predicted molar refractivity (Wildman–Crippen MR) is 135 cm³/mol. The maximum atomic E-state index is 13.6. The first-order valence-electron chi connectivity index (χ1n) is 11.8. The zero-order valence-corrected chi connectivity index (χ0v) is 21.3. The average molecular weight is 499 g/mol. The number of thiophene rings is 1. The Kier molecular flexibility index (Phi) is 8.11. The van der Waals surface area contributed by atoms with Crippen molar-refractivity contribution in [2.75, 3.05) is 12.3 Å². The van der Waals surface area contributed by atoms with E-state index in [0.29, 0.717) is 36.5 Å². The summed E-state index contributed by atoms with van der Waals surface area (Å²) in [5.74, 6) is 1.17. The second-order valence-corrected chi connectivity index (χ2v) is 11.0. The molecule has 4 rings (SSSR count). The number of hydrogen-bond acceptors (Lipinski definition) is 7. The van der Waals surface area contributed by atoms with Crippen LogP contribution in [0.4, 0.5) is 0 Å². The van der Waals surface area contributed by atoms with Gasteiger partial charge < -0.3 is 9.32 Å². The Morgan fingerprint density at radius 2 is 2.21 bits per heavy atom. The van der Waals surface area contributed by atoms with Gasteiger partial charge in [-0.3, -0.25) is 14.2 Å². The van der Waals surface area contributed by atoms with E-state index >= 15 is 0 Å². The lowest BCUT2D eigenvalue weighted by atomic mass is 9.97. The summed E-state index contributed by atoms with van der Waals surface area (Å²) in [4.78, 5) is 35.3. The van der Waals surface area contributed by atoms with Gasteiger partial charge in [-0.05, 0) is 55.7 Å². The standard InChI is InChI=1S/C25H30N4O3S2/c1-17(2)10-13-29-24(31)22-19-8-3-4-9-20(19)34-23(22)27-25(29)33-16-21(30)28(12-6-11-26)15-18-7-5-14-32-18/h5,7,14,17H,3-4,6,8-10,12-13,15-16H2,1-2H3. The van der Waals surface area contributed by atoms with Crippen molar-refractivity contribution < 1.29 is 9.21 Å². The smallest absolute Gasteiger partial charge is 0.263 e. The van der Waals surface area contributed by atoms with Crippen LogP contribution >= 0.6 is 23.1 Å². The van der Waals surface area contributed by atoms with Crippen LogP contribution in [-0.2, 0) is 30.7 Å². The molecular weight excluding hydrogens is 468 g/mol. The van der Waals surface area contributed by atoms with Crippen molar-refractivity contribution in [3.63, 3.8) is 0 Å². The molecule has 0 spiro atoms. The van der Waals surface area contributed by atoms with Gasteiger partial charge in [-0.15, -0.1) is 11.3 Å². The summed E-state index contributed by atoms with van der Waals surface area (Å²) in [6.45, 7) is 5.52. The Bertz CT molecular complexity index is 1240. The monoisotopic (exact) mass is 498 g/mol. The number of carbonyl (C=O) groups is 1. The highest BCUT2D eigenvalue weighted by molar-refractivity contribution is 7.99. The Labute approximate surface area is 207 Å². The zero-order chi connectivity index (χ0) is 24.1. The third-order valence-electron chi connectivity index (χ3n) is 6.07. The van der Waals surface area contributed by atoms with Crippen LogP contribution in [-0.4, -0.2) is 32.7 Å². The van der Waals surface area contributed by atoms with Gasteiger partial charge in [0.2, 0.25) is 5.91 Å². The fourth-order valence-electron chi connectivity index (χ4n) is 4.20. The molecule has 0 bridgehead atoms. The summed E-state index contributed by atoms with van der Waals surface area (Å²) in [5.41, 5.74) is 1.22. The van der Waals surface area contributed by atoms with E-state index in [2.05, 4.69) is 19.9 Å². The zero-order valence-electron chi connectivity index (χ0n) is 19.7. The summed E-state index contributed by atoms with van der Waals surface area (Å²) < 4.78 is 7.17. The number of nitriles is 1. The van der Waals surface area contributed by atoms with Crippen molar-refractivity contribution in [1.29, 1.82) is 5.26 Å². The molecule has 1 amide bonds. The molecule has 3 aromatic rings. The number of fused-ring (bicyclic) bond motifs is 3. The lowest BCUT2D eigenvalue weighted by molar-refractivity contribution is -0.129. The van der Waals surface area contributed by atoms with Gasteiger partial charge in [0.1, 0.15) is 10.6 Å². The summed E-state index contributed by atoms with van der Waals surface area (Å²) in [5, 5.41) is 10.4. The highest BCUT2D eigenvalue weighted by Crippen LogP contribution is 2.34. The van der Waals surface area contributed by atoms with E-state index in [1.54, 1.807) is 33.1 Å². The number of thioether (sulfide) groups is 1. The number of carbonyl (C=O) groups excluding carboxylic acids is 1. The van der Waals surface area contributed by atoms with E-state index < -0.39 is 0 Å². The molecule has 0 aliphatic heterocycles. The van der Waals surface area contributed by atoms with Gasteiger partial charge in [0.15, 0.2) is 5.16 Å². The lowest BCUT2D eigenvalue weighted by Crippen LogP contribution is -2.33. The van der Waals surface area contributed by atoms with E-state index in [0.717, 1.165) is 42.3 Å². The predicted octanol–water partition coefficient (Wildman–Crippen LogP) is 5.01. The molecule has 0 aromatic carbocycles. The molecule has 0 radical (unpaired) electrons. The van der Waals surface area contributed by atoms with Crippen molar-refractivity contribution >= 4 is 39.2 Å². The van der Waals surface area contributed by atoms with Crippen molar-refractivity contribution in [2.24, 2.45) is 5.92 Å². The van der Waals surface area contributed by atoms with Crippen LogP contribution in [0, 0.1) is 17.2 Å². The van der Waals surface area contributed by atoms with E-state index in [-0.39, 0.29) is 23.6 Å². The first-order chi connectivity index (χ1) is 16.5. The topological polar surface area (TPSA) is 92.1 Å². The molecule has 0 N–H and O–H groups in total. The number of amides is 1. The molecule has 3 aromatic heterocycles. The molecule has 0 fully saturated rings. The highest BCUT2D eigenvalue weighted by Gasteiger charge is 2.23. The Hall–Kier alpha value is -2.57. The van der Waals surface area contributed by atoms with E-state index in [1.165, 1.54) is 22.2 Å². The van der Waals surface area contributed by atoms with Crippen LogP contribution in [0.3, 0.4) is 0 Å². The first-order valence-corrected chi connectivity index (χ1v) is 13.6. The number of rotatable bonds is 10. The second-order valence-electron chi connectivity index (χ2n) is 9.02. The van der Waals surface area contributed by atoms with Crippen LogP contribution in [0.25, 0.3) is 10.2 Å². The fourth-order valence-corrected chi connectivity index (χ4v) is 6.43. The van der Waals surface area contributed by atoms with Gasteiger partial charge in [-0.2, -0.15) is 5.26 Å². The van der Waals surface area contributed by atoms with Crippen LogP contribution in [0.15, 0.2) is 32.8 Å². The van der Waals surface area contributed by atoms with Crippen LogP contribution in [0.5, 0.6) is 0 Å². The third-order valence-corrected chi connectivity index (χ3v) is 8.21. The van der Waals surface area contributed by atoms with Gasteiger partial charge in [-0.1, -0.05) is 25.6 Å². The van der Waals surface area contributed by atoms with Crippen molar-refractivity contribution in [2.45, 2.75) is 70.6 Å². The summed E-state index contributed by atoms with van der Waals surface area (Å²) in [6, 6.07) is 5.71. The minimum atomic E-state index is -0.105.